The Hall–Kier alpha value is -2.75. The van der Waals surface area contributed by atoms with Crippen LogP contribution in [0.15, 0.2) is 34.0 Å². The van der Waals surface area contributed by atoms with E-state index in [2.05, 4.69) is 25.3 Å². The molecule has 1 heterocycles. The second kappa shape index (κ2) is 12.7. The highest BCUT2D eigenvalue weighted by Crippen LogP contribution is 2.28. The first kappa shape index (κ1) is 25.3. The lowest BCUT2D eigenvalue weighted by atomic mass is 10.2. The zero-order valence-electron chi connectivity index (χ0n) is 17.8. The standard InChI is InChI=1S/C20H29F3N6O/c1-5-15(19-27-13-17(28-19)20(21,22)23)12-25-14-24-9-10-29(8-4)18(30)11-16(6-2)26-7-3/h5-7,12-13,24H,8-11,14H2,1-4H3,(H,27,28)/b15-5+,16-6-,25-12-,26-7-. The number of alkyl halides is 3. The van der Waals surface area contributed by atoms with Crippen LogP contribution in [0.1, 0.15) is 45.6 Å². The maximum atomic E-state index is 12.7. The number of H-pyrrole nitrogens is 1. The van der Waals surface area contributed by atoms with E-state index in [1.807, 2.05) is 19.9 Å². The predicted molar refractivity (Wildman–Crippen MR) is 113 cm³/mol. The first-order valence-corrected chi connectivity index (χ1v) is 9.68. The maximum Gasteiger partial charge on any atom is 0.434 e. The second-order valence-corrected chi connectivity index (χ2v) is 6.16. The first-order valence-electron chi connectivity index (χ1n) is 9.68. The molecule has 0 atom stereocenters. The Morgan fingerprint density at radius 2 is 2.03 bits per heavy atom. The number of imidazole rings is 1. The van der Waals surface area contributed by atoms with Gasteiger partial charge in [0.05, 0.1) is 13.1 Å². The lowest BCUT2D eigenvalue weighted by Crippen LogP contribution is -2.36. The van der Waals surface area contributed by atoms with Crippen molar-refractivity contribution in [3.05, 3.63) is 35.6 Å². The minimum atomic E-state index is -4.49. The minimum absolute atomic E-state index is 0.00371. The summed E-state index contributed by atoms with van der Waals surface area (Å²) in [4.78, 5) is 28.5. The van der Waals surface area contributed by atoms with E-state index in [-0.39, 0.29) is 24.8 Å². The number of carbonyl (C=O) groups excluding carboxylic acids is 1. The lowest BCUT2D eigenvalue weighted by molar-refractivity contribution is -0.140. The quantitative estimate of drug-likeness (QED) is 0.418. The fraction of sp³-hybridized carbons (Fsp3) is 0.500. The summed E-state index contributed by atoms with van der Waals surface area (Å²) in [5.74, 6) is 0.0989. The Labute approximate surface area is 174 Å². The summed E-state index contributed by atoms with van der Waals surface area (Å²) >= 11 is 0. The molecule has 7 nitrogen and oxygen atoms in total. The van der Waals surface area contributed by atoms with Gasteiger partial charge in [0.2, 0.25) is 5.91 Å². The molecule has 0 unspecified atom stereocenters. The number of allylic oxidation sites excluding steroid dienone is 3. The Morgan fingerprint density at radius 3 is 2.57 bits per heavy atom. The number of nitrogens with zero attached hydrogens (tertiary/aromatic N) is 4. The Kier molecular flexibility index (Phi) is 10.7. The topological polar surface area (TPSA) is 85.7 Å². The summed E-state index contributed by atoms with van der Waals surface area (Å²) in [6.07, 6.45) is 3.13. The van der Waals surface area contributed by atoms with Crippen LogP contribution >= 0.6 is 0 Å². The van der Waals surface area contributed by atoms with Gasteiger partial charge in [0, 0.05) is 49.5 Å². The molecule has 2 N–H and O–H groups in total. The van der Waals surface area contributed by atoms with Gasteiger partial charge < -0.3 is 9.88 Å². The molecule has 0 saturated carbocycles. The molecule has 0 aliphatic rings. The van der Waals surface area contributed by atoms with Gasteiger partial charge >= 0.3 is 6.18 Å². The van der Waals surface area contributed by atoms with Crippen LogP contribution in [0.5, 0.6) is 0 Å². The number of rotatable bonds is 11. The van der Waals surface area contributed by atoms with Crippen LogP contribution < -0.4 is 5.32 Å². The maximum absolute atomic E-state index is 12.7. The number of hydrogen-bond acceptors (Lipinski definition) is 5. The van der Waals surface area contributed by atoms with Crippen molar-refractivity contribution in [1.82, 2.24) is 20.2 Å². The minimum Gasteiger partial charge on any atom is -0.344 e. The van der Waals surface area contributed by atoms with Crippen molar-refractivity contribution < 1.29 is 18.0 Å². The Morgan fingerprint density at radius 1 is 1.30 bits per heavy atom. The van der Waals surface area contributed by atoms with Crippen molar-refractivity contribution in [2.24, 2.45) is 9.98 Å². The van der Waals surface area contributed by atoms with Crippen LogP contribution in [0, 0.1) is 0 Å². The molecular formula is C20H29F3N6O. The monoisotopic (exact) mass is 426 g/mol. The van der Waals surface area contributed by atoms with E-state index in [1.165, 1.54) is 6.21 Å². The van der Waals surface area contributed by atoms with Gasteiger partial charge in [0.25, 0.3) is 0 Å². The molecule has 1 aromatic rings. The number of aliphatic imine (C=N–C) groups is 2. The third-order valence-corrected chi connectivity index (χ3v) is 4.14. The van der Waals surface area contributed by atoms with Gasteiger partial charge in [-0.3, -0.25) is 20.1 Å². The van der Waals surface area contributed by atoms with E-state index in [1.54, 1.807) is 31.0 Å². The molecule has 0 bridgehead atoms. The number of carbonyl (C=O) groups is 1. The van der Waals surface area contributed by atoms with Crippen LogP contribution in [0.3, 0.4) is 0 Å². The average Bonchev–Trinajstić information content (AvgIpc) is 3.20. The predicted octanol–water partition coefficient (Wildman–Crippen LogP) is 3.68. The Balaban J connectivity index is 2.48. The van der Waals surface area contributed by atoms with Gasteiger partial charge in [-0.05, 0) is 27.7 Å². The van der Waals surface area contributed by atoms with Crippen molar-refractivity contribution >= 4 is 23.9 Å². The van der Waals surface area contributed by atoms with Crippen LogP contribution in [0.25, 0.3) is 5.57 Å². The van der Waals surface area contributed by atoms with Crippen LogP contribution in [-0.4, -0.2) is 59.5 Å². The molecule has 10 heteroatoms. The van der Waals surface area contributed by atoms with Crippen LogP contribution in [0.2, 0.25) is 0 Å². The highest BCUT2D eigenvalue weighted by molar-refractivity contribution is 6.08. The van der Waals surface area contributed by atoms with Gasteiger partial charge in [-0.1, -0.05) is 12.2 Å². The normalized spacial score (nSPS) is 13.6. The van der Waals surface area contributed by atoms with E-state index in [9.17, 15) is 18.0 Å². The molecule has 0 radical (unpaired) electrons. The summed E-state index contributed by atoms with van der Waals surface area (Å²) in [5.41, 5.74) is 0.204. The molecule has 0 aliphatic carbocycles. The number of nitrogens with one attached hydrogen (secondary N) is 2. The number of halogens is 3. The lowest BCUT2D eigenvalue weighted by Gasteiger charge is -2.21. The molecule has 166 valence electrons. The van der Waals surface area contributed by atoms with Gasteiger partial charge in [0.15, 0.2) is 5.69 Å². The highest BCUT2D eigenvalue weighted by Gasteiger charge is 2.33. The molecule has 0 aliphatic heterocycles. The van der Waals surface area contributed by atoms with Crippen molar-refractivity contribution in [2.45, 2.75) is 40.3 Å². The summed E-state index contributed by atoms with van der Waals surface area (Å²) in [5, 5.41) is 3.08. The summed E-state index contributed by atoms with van der Waals surface area (Å²) < 4.78 is 38.0. The van der Waals surface area contributed by atoms with Gasteiger partial charge in [-0.2, -0.15) is 13.2 Å². The van der Waals surface area contributed by atoms with Gasteiger partial charge in [-0.15, -0.1) is 0 Å². The van der Waals surface area contributed by atoms with Gasteiger partial charge in [0.1, 0.15) is 5.82 Å². The van der Waals surface area contributed by atoms with E-state index in [0.717, 1.165) is 11.9 Å². The zero-order valence-corrected chi connectivity index (χ0v) is 17.8. The Bertz CT molecular complexity index is 793. The fourth-order valence-electron chi connectivity index (χ4n) is 2.50. The van der Waals surface area contributed by atoms with E-state index >= 15 is 0 Å². The summed E-state index contributed by atoms with van der Waals surface area (Å²) in [7, 11) is 0. The number of aromatic amines is 1. The smallest absolute Gasteiger partial charge is 0.344 e. The zero-order chi connectivity index (χ0) is 22.6. The van der Waals surface area contributed by atoms with Crippen molar-refractivity contribution in [2.75, 3.05) is 26.3 Å². The average molecular weight is 426 g/mol. The fourth-order valence-corrected chi connectivity index (χ4v) is 2.50. The molecule has 0 saturated heterocycles. The van der Waals surface area contributed by atoms with Crippen LogP contribution in [0.4, 0.5) is 13.2 Å². The van der Waals surface area contributed by atoms with E-state index < -0.39 is 11.9 Å². The highest BCUT2D eigenvalue weighted by atomic mass is 19.4. The molecule has 0 spiro atoms. The number of hydrogen-bond donors (Lipinski definition) is 2. The summed E-state index contributed by atoms with van der Waals surface area (Å²) in [6, 6.07) is 0. The summed E-state index contributed by atoms with van der Waals surface area (Å²) in [6.45, 7) is 9.13. The van der Waals surface area contributed by atoms with Crippen molar-refractivity contribution in [1.29, 1.82) is 0 Å². The van der Waals surface area contributed by atoms with E-state index in [4.69, 9.17) is 0 Å². The third-order valence-electron chi connectivity index (χ3n) is 4.14. The van der Waals surface area contributed by atoms with Crippen LogP contribution in [-0.2, 0) is 11.0 Å². The van der Waals surface area contributed by atoms with E-state index in [0.29, 0.717) is 25.2 Å². The molecule has 1 aromatic heterocycles. The van der Waals surface area contributed by atoms with Crippen molar-refractivity contribution in [3.63, 3.8) is 0 Å². The first-order chi connectivity index (χ1) is 14.3. The third kappa shape index (κ3) is 8.32. The number of amides is 1. The molecule has 1 amide bonds. The molecular weight excluding hydrogens is 397 g/mol. The largest absolute Gasteiger partial charge is 0.434 e. The molecule has 30 heavy (non-hydrogen) atoms. The second-order valence-electron chi connectivity index (χ2n) is 6.16. The van der Waals surface area contributed by atoms with Gasteiger partial charge in [-0.25, -0.2) is 4.98 Å². The molecule has 1 rings (SSSR count). The number of aromatic nitrogens is 2. The molecule has 0 fully saturated rings. The van der Waals surface area contributed by atoms with Crippen molar-refractivity contribution in [3.8, 4) is 0 Å². The SMILES string of the molecule is C/C=N\C(=C/C)CC(=O)N(CC)CCNC/N=C\C(=C/C)c1nc(C(F)(F)F)c[nH]1. The number of likely N-dealkylation sites (N-methyl/N-ethyl adjacent to an activating group) is 1. The molecule has 0 aromatic carbocycles.